The van der Waals surface area contributed by atoms with Crippen molar-refractivity contribution in [3.05, 3.63) is 118 Å². The lowest BCUT2D eigenvalue weighted by atomic mass is 10.0. The smallest absolute Gasteiger partial charge is 0.0355 e. The number of hydrogen-bond donors (Lipinski definition) is 0. The lowest BCUT2D eigenvalue weighted by Gasteiger charge is -2.01. The van der Waals surface area contributed by atoms with Crippen molar-refractivity contribution in [2.24, 2.45) is 0 Å². The summed E-state index contributed by atoms with van der Waals surface area (Å²) in [4.78, 5) is 0. The van der Waals surface area contributed by atoms with Gasteiger partial charge in [0.15, 0.2) is 0 Å². The molecular formula is C34H32S. The van der Waals surface area contributed by atoms with Crippen LogP contribution in [0.1, 0.15) is 59.6 Å². The van der Waals surface area contributed by atoms with Crippen LogP contribution in [0.4, 0.5) is 0 Å². The van der Waals surface area contributed by atoms with Gasteiger partial charge in [0.1, 0.15) is 0 Å². The van der Waals surface area contributed by atoms with Crippen LogP contribution >= 0.6 is 11.3 Å². The topological polar surface area (TPSA) is 0 Å². The zero-order valence-corrected chi connectivity index (χ0v) is 21.4. The van der Waals surface area contributed by atoms with E-state index in [0.717, 1.165) is 0 Å². The van der Waals surface area contributed by atoms with E-state index < -0.39 is 0 Å². The summed E-state index contributed by atoms with van der Waals surface area (Å²) in [6, 6.07) is 31.3. The summed E-state index contributed by atoms with van der Waals surface area (Å²) in [6.07, 6.45) is 13.9. The van der Waals surface area contributed by atoms with Gasteiger partial charge in [-0.15, -0.1) is 11.3 Å². The largest absolute Gasteiger partial charge is 0.135 e. The van der Waals surface area contributed by atoms with Crippen LogP contribution in [0, 0.1) is 6.92 Å². The molecule has 5 rings (SSSR count). The normalized spacial score (nSPS) is 11.9. The highest BCUT2D eigenvalue weighted by molar-refractivity contribution is 7.25. The molecule has 0 aliphatic rings. The lowest BCUT2D eigenvalue weighted by Crippen LogP contribution is -1.85. The average molecular weight is 473 g/mol. The zero-order valence-electron chi connectivity index (χ0n) is 20.6. The molecule has 0 nitrogen and oxygen atoms in total. The fourth-order valence-corrected chi connectivity index (χ4v) is 5.52. The summed E-state index contributed by atoms with van der Waals surface area (Å²) in [7, 11) is 0. The minimum absolute atomic E-state index is 1.18. The second kappa shape index (κ2) is 10.9. The van der Waals surface area contributed by atoms with Crippen LogP contribution < -0.4 is 0 Å². The third-order valence-corrected chi connectivity index (χ3v) is 7.73. The molecule has 1 heteroatoms. The highest BCUT2D eigenvalue weighted by atomic mass is 32.1. The summed E-state index contributed by atoms with van der Waals surface area (Å²) in [5, 5.41) is 2.67. The molecule has 174 valence electrons. The summed E-state index contributed by atoms with van der Waals surface area (Å²) in [5.41, 5.74) is 7.68. The molecule has 0 spiro atoms. The predicted octanol–water partition coefficient (Wildman–Crippen LogP) is 10.4. The Morgan fingerprint density at radius 2 is 1.06 bits per heavy atom. The van der Waals surface area contributed by atoms with E-state index in [2.05, 4.69) is 123 Å². The molecule has 0 saturated carbocycles. The number of rotatable bonds is 8. The van der Waals surface area contributed by atoms with Crippen LogP contribution in [0.3, 0.4) is 0 Å². The van der Waals surface area contributed by atoms with E-state index >= 15 is 0 Å². The fraction of sp³-hybridized carbons (Fsp3) is 0.176. The third-order valence-electron chi connectivity index (χ3n) is 6.58. The van der Waals surface area contributed by atoms with Gasteiger partial charge in [0.2, 0.25) is 0 Å². The highest BCUT2D eigenvalue weighted by Crippen LogP contribution is 2.35. The molecule has 0 aliphatic heterocycles. The van der Waals surface area contributed by atoms with Crippen molar-refractivity contribution in [2.45, 2.75) is 39.5 Å². The quantitative estimate of drug-likeness (QED) is 0.156. The third kappa shape index (κ3) is 5.81. The first-order chi connectivity index (χ1) is 17.2. The fourth-order valence-electron chi connectivity index (χ4n) is 4.46. The molecule has 0 fully saturated rings. The molecular weight excluding hydrogens is 440 g/mol. The molecule has 0 unspecified atom stereocenters. The molecule has 0 bridgehead atoms. The minimum Gasteiger partial charge on any atom is -0.135 e. The highest BCUT2D eigenvalue weighted by Gasteiger charge is 2.06. The monoisotopic (exact) mass is 472 g/mol. The van der Waals surface area contributed by atoms with Crippen molar-refractivity contribution in [1.82, 2.24) is 0 Å². The van der Waals surface area contributed by atoms with Gasteiger partial charge in [0, 0.05) is 20.2 Å². The Balaban J connectivity index is 1.37. The SMILES string of the molecule is CCCCCc1ccc(/C=C/c2ccc3sc4ccc(/C=C/c5ccc(C)cc5)cc4c3c2)cc1. The Kier molecular flexibility index (Phi) is 7.25. The molecule has 5 aromatic rings. The van der Waals surface area contributed by atoms with Crippen molar-refractivity contribution in [2.75, 3.05) is 0 Å². The van der Waals surface area contributed by atoms with E-state index in [1.54, 1.807) is 0 Å². The Morgan fingerprint density at radius 1 is 0.571 bits per heavy atom. The maximum Gasteiger partial charge on any atom is 0.0355 e. The van der Waals surface area contributed by atoms with Crippen LogP contribution in [-0.4, -0.2) is 0 Å². The first-order valence-corrected chi connectivity index (χ1v) is 13.5. The van der Waals surface area contributed by atoms with Gasteiger partial charge in [0.25, 0.3) is 0 Å². The lowest BCUT2D eigenvalue weighted by molar-refractivity contribution is 0.717. The van der Waals surface area contributed by atoms with Gasteiger partial charge in [-0.05, 0) is 71.8 Å². The van der Waals surface area contributed by atoms with E-state index in [-0.39, 0.29) is 0 Å². The summed E-state index contributed by atoms with van der Waals surface area (Å²) in [5.74, 6) is 0. The van der Waals surface area contributed by atoms with Gasteiger partial charge in [0.05, 0.1) is 0 Å². The van der Waals surface area contributed by atoms with Crippen molar-refractivity contribution in [3.8, 4) is 0 Å². The van der Waals surface area contributed by atoms with Crippen molar-refractivity contribution in [3.63, 3.8) is 0 Å². The van der Waals surface area contributed by atoms with Crippen molar-refractivity contribution < 1.29 is 0 Å². The second-order valence-electron chi connectivity index (χ2n) is 9.39. The minimum atomic E-state index is 1.18. The molecule has 0 atom stereocenters. The summed E-state index contributed by atoms with van der Waals surface area (Å²) in [6.45, 7) is 4.38. The zero-order chi connectivity index (χ0) is 24.0. The standard InChI is InChI=1S/C34H32S/c1-3-4-5-6-26-11-13-28(14-12-26)16-18-30-20-22-34-32(24-30)31-23-29(19-21-33(31)35-34)17-15-27-9-7-25(2)8-10-27/h7-24H,3-6H2,1-2H3/b17-15+,18-16+. The Bertz CT molecular complexity index is 1480. The van der Waals surface area contributed by atoms with Crippen LogP contribution in [0.25, 0.3) is 44.5 Å². The number of benzene rings is 4. The number of aryl methyl sites for hydroxylation is 2. The Hall–Kier alpha value is -3.42. The maximum absolute atomic E-state index is 2.33. The molecule has 1 aromatic heterocycles. The van der Waals surface area contributed by atoms with E-state index in [9.17, 15) is 0 Å². The van der Waals surface area contributed by atoms with E-state index in [1.165, 1.54) is 79.2 Å². The molecule has 0 radical (unpaired) electrons. The maximum atomic E-state index is 2.33. The van der Waals surface area contributed by atoms with Crippen LogP contribution in [-0.2, 0) is 6.42 Å². The van der Waals surface area contributed by atoms with Crippen molar-refractivity contribution >= 4 is 55.8 Å². The number of fused-ring (bicyclic) bond motifs is 3. The van der Waals surface area contributed by atoms with Gasteiger partial charge in [-0.1, -0.05) is 110 Å². The van der Waals surface area contributed by atoms with Gasteiger partial charge >= 0.3 is 0 Å². The summed E-state index contributed by atoms with van der Waals surface area (Å²) >= 11 is 1.87. The molecule has 1 heterocycles. The molecule has 35 heavy (non-hydrogen) atoms. The average Bonchev–Trinajstić information content (AvgIpc) is 3.25. The van der Waals surface area contributed by atoms with Crippen LogP contribution in [0.2, 0.25) is 0 Å². The van der Waals surface area contributed by atoms with E-state index in [0.29, 0.717) is 0 Å². The number of hydrogen-bond acceptors (Lipinski definition) is 1. The van der Waals surface area contributed by atoms with E-state index in [1.807, 2.05) is 11.3 Å². The van der Waals surface area contributed by atoms with Gasteiger partial charge in [-0.3, -0.25) is 0 Å². The number of unbranched alkanes of at least 4 members (excludes halogenated alkanes) is 2. The van der Waals surface area contributed by atoms with Gasteiger partial charge in [-0.2, -0.15) is 0 Å². The van der Waals surface area contributed by atoms with Gasteiger partial charge in [-0.25, -0.2) is 0 Å². The molecule has 0 N–H and O–H groups in total. The first-order valence-electron chi connectivity index (χ1n) is 12.7. The molecule has 0 saturated heterocycles. The first kappa shape index (κ1) is 23.3. The second-order valence-corrected chi connectivity index (χ2v) is 10.5. The Morgan fingerprint density at radius 3 is 1.60 bits per heavy atom. The molecule has 0 aliphatic carbocycles. The van der Waals surface area contributed by atoms with Crippen molar-refractivity contribution in [1.29, 1.82) is 0 Å². The van der Waals surface area contributed by atoms with Gasteiger partial charge < -0.3 is 0 Å². The molecule has 0 amide bonds. The predicted molar refractivity (Wildman–Crippen MR) is 158 cm³/mol. The number of thiophene rings is 1. The van der Waals surface area contributed by atoms with Crippen LogP contribution in [0.5, 0.6) is 0 Å². The van der Waals surface area contributed by atoms with Crippen LogP contribution in [0.15, 0.2) is 84.9 Å². The molecule has 4 aromatic carbocycles. The van der Waals surface area contributed by atoms with E-state index in [4.69, 9.17) is 0 Å². The Labute approximate surface area is 213 Å². The summed E-state index contributed by atoms with van der Waals surface area (Å²) < 4.78 is 2.68.